The van der Waals surface area contributed by atoms with Crippen LogP contribution < -0.4 is 5.73 Å². The summed E-state index contributed by atoms with van der Waals surface area (Å²) < 4.78 is 4.93. The topological polar surface area (TPSA) is 112 Å². The van der Waals surface area contributed by atoms with Crippen LogP contribution in [0, 0.1) is 12.8 Å². The zero-order valence-corrected chi connectivity index (χ0v) is 20.5. The van der Waals surface area contributed by atoms with Gasteiger partial charge in [-0.2, -0.15) is 5.10 Å². The summed E-state index contributed by atoms with van der Waals surface area (Å²) >= 11 is 3.53. The van der Waals surface area contributed by atoms with E-state index >= 15 is 0 Å². The second kappa shape index (κ2) is 9.35. The van der Waals surface area contributed by atoms with Crippen molar-refractivity contribution in [3.05, 3.63) is 58.0 Å². The molecule has 0 unspecified atom stereocenters. The normalized spacial score (nSPS) is 12.4. The number of nitrogens with two attached hydrogens (primary N) is 1. The SMILES string of the molecule is Cc1cc(C(=O)O)cc(-c2cnn(C)c2CCC[C@@H](C)Cn2c(N)nc3ccc(Br)cc32)n1. The van der Waals surface area contributed by atoms with Gasteiger partial charge in [-0.3, -0.25) is 9.67 Å². The van der Waals surface area contributed by atoms with E-state index in [2.05, 4.69) is 42.5 Å². The Morgan fingerprint density at radius 3 is 2.79 bits per heavy atom. The molecule has 33 heavy (non-hydrogen) atoms. The van der Waals surface area contributed by atoms with Gasteiger partial charge in [0, 0.05) is 35.0 Å². The van der Waals surface area contributed by atoms with Crippen LogP contribution in [0.3, 0.4) is 0 Å². The first-order valence-corrected chi connectivity index (χ1v) is 11.7. The van der Waals surface area contributed by atoms with Gasteiger partial charge in [-0.1, -0.05) is 22.9 Å². The third-order valence-electron chi connectivity index (χ3n) is 5.88. The predicted octanol–water partition coefficient (Wildman–Crippen LogP) is 4.84. The first kappa shape index (κ1) is 23.0. The first-order valence-electron chi connectivity index (χ1n) is 10.9. The monoisotopic (exact) mass is 510 g/mol. The molecule has 0 aliphatic rings. The first-order chi connectivity index (χ1) is 15.7. The Kier molecular flexibility index (Phi) is 6.51. The molecule has 1 aromatic carbocycles. The summed E-state index contributed by atoms with van der Waals surface area (Å²) in [6.45, 7) is 4.81. The lowest BCUT2D eigenvalue weighted by Gasteiger charge is -2.15. The van der Waals surface area contributed by atoms with Crippen molar-refractivity contribution in [3.8, 4) is 11.3 Å². The number of nitrogens with zero attached hydrogens (tertiary/aromatic N) is 5. The molecule has 0 aliphatic carbocycles. The van der Waals surface area contributed by atoms with Crippen LogP contribution in [0.1, 0.15) is 41.5 Å². The van der Waals surface area contributed by atoms with Crippen molar-refractivity contribution in [3.63, 3.8) is 0 Å². The quantitative estimate of drug-likeness (QED) is 0.350. The standard InChI is InChI=1S/C24H27BrN6O2/c1-14(13-31-22-11-17(25)7-8-19(22)29-24(31)26)5-4-6-21-18(12-27-30(21)3)20-10-16(23(32)33)9-15(2)28-20/h7-12,14H,4-6,13H2,1-3H3,(H2,26,29)(H,32,33)/t14-/m1/s1. The van der Waals surface area contributed by atoms with E-state index in [0.29, 0.717) is 23.3 Å². The van der Waals surface area contributed by atoms with Crippen LogP contribution in [0.15, 0.2) is 41.0 Å². The van der Waals surface area contributed by atoms with Gasteiger partial charge in [0.25, 0.3) is 0 Å². The summed E-state index contributed by atoms with van der Waals surface area (Å²) in [6, 6.07) is 9.18. The van der Waals surface area contributed by atoms with E-state index in [1.165, 1.54) is 0 Å². The van der Waals surface area contributed by atoms with E-state index in [1.54, 1.807) is 25.3 Å². The van der Waals surface area contributed by atoms with E-state index in [4.69, 9.17) is 5.73 Å². The molecule has 3 heterocycles. The van der Waals surface area contributed by atoms with Gasteiger partial charge in [0.2, 0.25) is 5.95 Å². The third kappa shape index (κ3) is 4.93. The number of rotatable bonds is 8. The molecule has 0 bridgehead atoms. The number of aromatic carboxylic acids is 1. The molecule has 9 heteroatoms. The van der Waals surface area contributed by atoms with Gasteiger partial charge in [0.1, 0.15) is 0 Å². The molecule has 1 atom stereocenters. The van der Waals surface area contributed by atoms with Crippen molar-refractivity contribution in [2.24, 2.45) is 13.0 Å². The molecular weight excluding hydrogens is 484 g/mol. The molecule has 4 rings (SSSR count). The minimum absolute atomic E-state index is 0.234. The van der Waals surface area contributed by atoms with E-state index in [1.807, 2.05) is 29.9 Å². The van der Waals surface area contributed by atoms with Crippen LogP contribution in [0.4, 0.5) is 5.95 Å². The van der Waals surface area contributed by atoms with Gasteiger partial charge in [-0.25, -0.2) is 9.78 Å². The molecule has 8 nitrogen and oxygen atoms in total. The van der Waals surface area contributed by atoms with Gasteiger partial charge in [0.15, 0.2) is 0 Å². The zero-order valence-electron chi connectivity index (χ0n) is 18.9. The van der Waals surface area contributed by atoms with Crippen LogP contribution >= 0.6 is 15.9 Å². The number of pyridine rings is 1. The molecule has 172 valence electrons. The number of hydrogen-bond acceptors (Lipinski definition) is 5. The Morgan fingerprint density at radius 2 is 2.03 bits per heavy atom. The largest absolute Gasteiger partial charge is 0.478 e. The number of imidazole rings is 1. The van der Waals surface area contributed by atoms with Crippen molar-refractivity contribution in [1.82, 2.24) is 24.3 Å². The van der Waals surface area contributed by atoms with Crippen LogP contribution in [-0.4, -0.2) is 35.4 Å². The van der Waals surface area contributed by atoms with Crippen LogP contribution in [-0.2, 0) is 20.0 Å². The van der Waals surface area contributed by atoms with Crippen LogP contribution in [0.5, 0.6) is 0 Å². The number of hydrogen-bond donors (Lipinski definition) is 2. The smallest absolute Gasteiger partial charge is 0.335 e. The average molecular weight is 511 g/mol. The molecule has 0 saturated carbocycles. The maximum Gasteiger partial charge on any atom is 0.335 e. The van der Waals surface area contributed by atoms with E-state index in [-0.39, 0.29) is 5.56 Å². The molecule has 3 aromatic heterocycles. The van der Waals surface area contributed by atoms with Gasteiger partial charge in [-0.15, -0.1) is 0 Å². The highest BCUT2D eigenvalue weighted by atomic mass is 79.9. The molecule has 0 aliphatic heterocycles. The fraction of sp³-hybridized carbons (Fsp3) is 0.333. The average Bonchev–Trinajstić information content (AvgIpc) is 3.27. The summed E-state index contributed by atoms with van der Waals surface area (Å²) in [5.74, 6) is -0.0287. The fourth-order valence-electron chi connectivity index (χ4n) is 4.23. The summed E-state index contributed by atoms with van der Waals surface area (Å²) in [5.41, 5.74) is 11.6. The number of nitrogen functional groups attached to an aromatic ring is 1. The summed E-state index contributed by atoms with van der Waals surface area (Å²) in [6.07, 6.45) is 4.54. The number of carboxylic acid groups (broad SMARTS) is 1. The Balaban J connectivity index is 1.46. The number of aryl methyl sites for hydroxylation is 2. The van der Waals surface area contributed by atoms with Gasteiger partial charge in [-0.05, 0) is 62.4 Å². The van der Waals surface area contributed by atoms with E-state index in [9.17, 15) is 9.90 Å². The second-order valence-corrected chi connectivity index (χ2v) is 9.44. The maximum absolute atomic E-state index is 11.5. The molecule has 3 N–H and O–H groups in total. The van der Waals surface area contributed by atoms with Crippen molar-refractivity contribution < 1.29 is 9.90 Å². The number of halogens is 1. The number of anilines is 1. The molecule has 0 saturated heterocycles. The minimum Gasteiger partial charge on any atom is -0.478 e. The van der Waals surface area contributed by atoms with E-state index in [0.717, 1.165) is 52.6 Å². The number of aromatic nitrogens is 5. The lowest BCUT2D eigenvalue weighted by Crippen LogP contribution is -2.11. The number of carbonyl (C=O) groups is 1. The fourth-order valence-corrected chi connectivity index (χ4v) is 4.58. The van der Waals surface area contributed by atoms with Crippen molar-refractivity contribution in [1.29, 1.82) is 0 Å². The second-order valence-electron chi connectivity index (χ2n) is 8.53. The van der Waals surface area contributed by atoms with Crippen molar-refractivity contribution >= 4 is 38.9 Å². The lowest BCUT2D eigenvalue weighted by atomic mass is 10.0. The lowest BCUT2D eigenvalue weighted by molar-refractivity contribution is 0.0696. The van der Waals surface area contributed by atoms with Crippen molar-refractivity contribution in [2.75, 3.05) is 5.73 Å². The highest BCUT2D eigenvalue weighted by Crippen LogP contribution is 2.27. The highest BCUT2D eigenvalue weighted by molar-refractivity contribution is 9.10. The molecule has 0 radical (unpaired) electrons. The van der Waals surface area contributed by atoms with Gasteiger partial charge >= 0.3 is 5.97 Å². The maximum atomic E-state index is 11.5. The molecular formula is C24H27BrN6O2. The third-order valence-corrected chi connectivity index (χ3v) is 6.38. The van der Waals surface area contributed by atoms with Crippen LogP contribution in [0.25, 0.3) is 22.3 Å². The highest BCUT2D eigenvalue weighted by Gasteiger charge is 2.16. The minimum atomic E-state index is -0.959. The van der Waals surface area contributed by atoms with Crippen molar-refractivity contribution in [2.45, 2.75) is 39.7 Å². The molecule has 0 fully saturated rings. The van der Waals surface area contributed by atoms with Gasteiger partial charge < -0.3 is 15.4 Å². The summed E-state index contributed by atoms with van der Waals surface area (Å²) in [7, 11) is 1.91. The number of carboxylic acids is 1. The zero-order chi connectivity index (χ0) is 23.7. The van der Waals surface area contributed by atoms with Gasteiger partial charge in [0.05, 0.1) is 28.5 Å². The van der Waals surface area contributed by atoms with Crippen LogP contribution in [0.2, 0.25) is 0 Å². The Morgan fingerprint density at radius 1 is 1.24 bits per heavy atom. The Hall–Kier alpha value is -3.20. The Labute approximate surface area is 200 Å². The number of benzene rings is 1. The summed E-state index contributed by atoms with van der Waals surface area (Å²) in [5, 5.41) is 13.8. The predicted molar refractivity (Wildman–Crippen MR) is 132 cm³/mol. The molecule has 4 aromatic rings. The molecule has 0 amide bonds. The Bertz CT molecular complexity index is 1330. The molecule has 0 spiro atoms. The summed E-state index contributed by atoms with van der Waals surface area (Å²) in [4.78, 5) is 20.5. The van der Waals surface area contributed by atoms with E-state index < -0.39 is 5.97 Å². The number of fused-ring (bicyclic) bond motifs is 1.